The number of anilines is 1. The minimum atomic E-state index is 0.225. The Morgan fingerprint density at radius 2 is 1.91 bits per heavy atom. The van der Waals surface area contributed by atoms with Gasteiger partial charge >= 0.3 is 0 Å². The van der Waals surface area contributed by atoms with Crippen LogP contribution < -0.4 is 14.8 Å². The summed E-state index contributed by atoms with van der Waals surface area (Å²) in [6.45, 7) is 0.628. The predicted octanol–water partition coefficient (Wildman–Crippen LogP) is 5.95. The molecule has 0 radical (unpaired) electrons. The monoisotopic (exact) mass is 464 g/mol. The van der Waals surface area contributed by atoms with Crippen molar-refractivity contribution in [2.75, 3.05) is 11.9 Å². The van der Waals surface area contributed by atoms with Gasteiger partial charge in [0.1, 0.15) is 23.0 Å². The number of rotatable bonds is 11. The lowest BCUT2D eigenvalue weighted by molar-refractivity contribution is -0.118. The van der Waals surface area contributed by atoms with E-state index in [9.17, 15) is 9.59 Å². The molecule has 1 aromatic heterocycles. The van der Waals surface area contributed by atoms with E-state index in [0.717, 1.165) is 23.8 Å². The van der Waals surface area contributed by atoms with Gasteiger partial charge < -0.3 is 14.8 Å². The third kappa shape index (κ3) is 5.45. The second-order valence-electron chi connectivity index (χ2n) is 8.91. The molecule has 2 fully saturated rings. The van der Waals surface area contributed by atoms with E-state index in [0.29, 0.717) is 71.2 Å². The second-order valence-corrected chi connectivity index (χ2v) is 9.32. The fourth-order valence-corrected chi connectivity index (χ4v) is 4.05. The Bertz CT molecular complexity index is 1200. The SMILES string of the molecule is O=CNc1cc2c(Oc3ccc(CC(=O)CC4CC4)c(Cl)c3)ccnc2cc1OCC1CC1. The molecule has 0 bridgehead atoms. The van der Waals surface area contributed by atoms with Crippen LogP contribution in [0.3, 0.4) is 0 Å². The number of pyridine rings is 1. The number of hydrogen-bond donors (Lipinski definition) is 1. The van der Waals surface area contributed by atoms with E-state index in [-0.39, 0.29) is 5.78 Å². The molecular weight excluding hydrogens is 440 g/mol. The Morgan fingerprint density at radius 1 is 1.09 bits per heavy atom. The number of aromatic nitrogens is 1. The van der Waals surface area contributed by atoms with Crippen molar-refractivity contribution in [1.29, 1.82) is 0 Å². The molecule has 2 aromatic carbocycles. The minimum Gasteiger partial charge on any atom is -0.491 e. The highest BCUT2D eigenvalue weighted by atomic mass is 35.5. The molecule has 1 amide bonds. The quantitative estimate of drug-likeness (QED) is 0.355. The molecule has 2 aliphatic rings. The summed E-state index contributed by atoms with van der Waals surface area (Å²) in [5.74, 6) is 3.11. The first-order chi connectivity index (χ1) is 16.1. The zero-order valence-corrected chi connectivity index (χ0v) is 18.9. The Kier molecular flexibility index (Phi) is 6.18. The first-order valence-electron chi connectivity index (χ1n) is 11.3. The van der Waals surface area contributed by atoms with Gasteiger partial charge in [0.25, 0.3) is 0 Å². The normalized spacial score (nSPS) is 15.3. The number of ether oxygens (including phenoxy) is 2. The molecular formula is C26H25ClN2O4. The third-order valence-electron chi connectivity index (χ3n) is 6.04. The fraction of sp³-hybridized carbons (Fsp3) is 0.346. The Hall–Kier alpha value is -3.12. The number of ketones is 1. The fourth-order valence-electron chi connectivity index (χ4n) is 3.82. The summed E-state index contributed by atoms with van der Waals surface area (Å²) in [6.07, 6.45) is 7.95. The maximum absolute atomic E-state index is 12.2. The van der Waals surface area contributed by atoms with Crippen molar-refractivity contribution in [3.05, 3.63) is 53.2 Å². The van der Waals surface area contributed by atoms with Gasteiger partial charge in [0.2, 0.25) is 6.41 Å². The predicted molar refractivity (Wildman–Crippen MR) is 127 cm³/mol. The molecule has 170 valence electrons. The Balaban J connectivity index is 1.37. The Labute approximate surface area is 197 Å². The number of halogens is 1. The van der Waals surface area contributed by atoms with Crippen LogP contribution >= 0.6 is 11.6 Å². The van der Waals surface area contributed by atoms with E-state index in [1.54, 1.807) is 24.4 Å². The van der Waals surface area contributed by atoms with E-state index in [4.69, 9.17) is 21.1 Å². The number of Topliss-reactive ketones (excluding diaryl/α,β-unsaturated/α-hetero) is 1. The summed E-state index contributed by atoms with van der Waals surface area (Å²) in [7, 11) is 0. The summed E-state index contributed by atoms with van der Waals surface area (Å²) in [5.41, 5.74) is 2.07. The molecule has 0 spiro atoms. The zero-order valence-electron chi connectivity index (χ0n) is 18.2. The van der Waals surface area contributed by atoms with Crippen molar-refractivity contribution < 1.29 is 19.1 Å². The highest BCUT2D eigenvalue weighted by molar-refractivity contribution is 6.31. The van der Waals surface area contributed by atoms with Crippen LogP contribution in [0.1, 0.15) is 37.7 Å². The lowest BCUT2D eigenvalue weighted by Gasteiger charge is -2.14. The van der Waals surface area contributed by atoms with E-state index in [1.165, 1.54) is 12.8 Å². The van der Waals surface area contributed by atoms with Gasteiger partial charge in [-0.05, 0) is 67.3 Å². The number of nitrogens with one attached hydrogen (secondary N) is 1. The Morgan fingerprint density at radius 3 is 2.64 bits per heavy atom. The largest absolute Gasteiger partial charge is 0.491 e. The summed E-state index contributed by atoms with van der Waals surface area (Å²) in [6, 6.07) is 10.8. The van der Waals surface area contributed by atoms with Crippen molar-refractivity contribution in [2.45, 2.75) is 38.5 Å². The number of nitrogens with zero attached hydrogens (tertiary/aromatic N) is 1. The van der Waals surface area contributed by atoms with Gasteiger partial charge in [0.05, 0.1) is 17.8 Å². The highest BCUT2D eigenvalue weighted by Crippen LogP contribution is 2.38. The lowest BCUT2D eigenvalue weighted by Crippen LogP contribution is -2.04. The number of carbonyl (C=O) groups excluding carboxylic acids is 2. The van der Waals surface area contributed by atoms with E-state index in [2.05, 4.69) is 10.3 Å². The van der Waals surface area contributed by atoms with E-state index < -0.39 is 0 Å². The molecule has 3 aromatic rings. The molecule has 0 unspecified atom stereocenters. The van der Waals surface area contributed by atoms with Gasteiger partial charge in [-0.25, -0.2) is 0 Å². The first-order valence-corrected chi connectivity index (χ1v) is 11.7. The standard InChI is InChI=1S/C26H25ClN2O4/c27-22-11-20(6-5-18(22)10-19(31)9-16-1-2-16)33-25-7-8-28-23-13-26(32-14-17-3-4-17)24(29-15-30)12-21(23)25/h5-8,11-13,15-17H,1-4,9-10,14H2,(H,29,30). The van der Waals surface area contributed by atoms with Crippen LogP contribution in [-0.2, 0) is 16.0 Å². The molecule has 33 heavy (non-hydrogen) atoms. The number of carbonyl (C=O) groups is 2. The van der Waals surface area contributed by atoms with Crippen LogP contribution in [0.4, 0.5) is 5.69 Å². The molecule has 7 heteroatoms. The van der Waals surface area contributed by atoms with Gasteiger partial charge in [-0.2, -0.15) is 0 Å². The number of benzene rings is 2. The molecule has 2 aliphatic carbocycles. The average molecular weight is 465 g/mol. The van der Waals surface area contributed by atoms with Crippen LogP contribution in [0.25, 0.3) is 10.9 Å². The molecule has 6 nitrogen and oxygen atoms in total. The van der Waals surface area contributed by atoms with Gasteiger partial charge in [-0.3, -0.25) is 14.6 Å². The van der Waals surface area contributed by atoms with Crippen LogP contribution in [-0.4, -0.2) is 23.8 Å². The van der Waals surface area contributed by atoms with Crippen LogP contribution in [0.15, 0.2) is 42.6 Å². The van der Waals surface area contributed by atoms with Crippen molar-refractivity contribution in [3.8, 4) is 17.2 Å². The van der Waals surface area contributed by atoms with Crippen molar-refractivity contribution >= 4 is 40.4 Å². The molecule has 1 heterocycles. The topological polar surface area (TPSA) is 77.5 Å². The van der Waals surface area contributed by atoms with Crippen LogP contribution in [0.5, 0.6) is 17.2 Å². The van der Waals surface area contributed by atoms with Gasteiger partial charge in [-0.15, -0.1) is 0 Å². The molecule has 0 saturated heterocycles. The molecule has 0 atom stereocenters. The zero-order chi connectivity index (χ0) is 22.8. The van der Waals surface area contributed by atoms with Crippen molar-refractivity contribution in [3.63, 3.8) is 0 Å². The van der Waals surface area contributed by atoms with Crippen molar-refractivity contribution in [2.24, 2.45) is 11.8 Å². The maximum atomic E-state index is 12.2. The minimum absolute atomic E-state index is 0.225. The van der Waals surface area contributed by atoms with Gasteiger partial charge in [0.15, 0.2) is 0 Å². The summed E-state index contributed by atoms with van der Waals surface area (Å²) < 4.78 is 12.0. The van der Waals surface area contributed by atoms with Gasteiger partial charge in [0, 0.05) is 35.5 Å². The average Bonchev–Trinajstić information content (AvgIpc) is 3.71. The van der Waals surface area contributed by atoms with Crippen LogP contribution in [0, 0.1) is 11.8 Å². The number of amides is 1. The summed E-state index contributed by atoms with van der Waals surface area (Å²) in [5, 5.41) is 3.96. The second kappa shape index (κ2) is 9.40. The summed E-state index contributed by atoms with van der Waals surface area (Å²) >= 11 is 6.45. The molecule has 0 aliphatic heterocycles. The van der Waals surface area contributed by atoms with E-state index >= 15 is 0 Å². The van der Waals surface area contributed by atoms with Gasteiger partial charge in [-0.1, -0.05) is 17.7 Å². The molecule has 1 N–H and O–H groups in total. The number of hydrogen-bond acceptors (Lipinski definition) is 5. The van der Waals surface area contributed by atoms with Crippen molar-refractivity contribution in [1.82, 2.24) is 4.98 Å². The smallest absolute Gasteiger partial charge is 0.211 e. The first kappa shape index (κ1) is 21.7. The number of fused-ring (bicyclic) bond motifs is 1. The lowest BCUT2D eigenvalue weighted by atomic mass is 10.0. The summed E-state index contributed by atoms with van der Waals surface area (Å²) in [4.78, 5) is 27.8. The third-order valence-corrected chi connectivity index (χ3v) is 6.39. The molecule has 2 saturated carbocycles. The van der Waals surface area contributed by atoms with Crippen LogP contribution in [0.2, 0.25) is 5.02 Å². The maximum Gasteiger partial charge on any atom is 0.211 e. The van der Waals surface area contributed by atoms with E-state index in [1.807, 2.05) is 18.2 Å². The molecule has 5 rings (SSSR count). The highest BCUT2D eigenvalue weighted by Gasteiger charge is 2.25.